The summed E-state index contributed by atoms with van der Waals surface area (Å²) in [7, 11) is 1.64. The Morgan fingerprint density at radius 3 is 2.69 bits per heavy atom. The SMILES string of the molecule is CNC(=O)c1ccccc1Sc1ccc2c(C=Cc3ccccn3)n[nH]c2c1.Cl. The number of hydrogen-bond acceptors (Lipinski definition) is 4. The molecule has 2 aromatic heterocycles. The number of amides is 1. The molecule has 2 N–H and O–H groups in total. The normalized spacial score (nSPS) is 10.8. The average Bonchev–Trinajstić information content (AvgIpc) is 3.15. The molecule has 0 saturated carbocycles. The zero-order valence-corrected chi connectivity index (χ0v) is 17.3. The van der Waals surface area contributed by atoms with Gasteiger partial charge in [0.1, 0.15) is 0 Å². The molecule has 0 atom stereocenters. The molecular weight excluding hydrogens is 404 g/mol. The van der Waals surface area contributed by atoms with Crippen LogP contribution >= 0.6 is 24.2 Å². The number of hydrogen-bond donors (Lipinski definition) is 2. The molecule has 0 aliphatic rings. The zero-order valence-electron chi connectivity index (χ0n) is 15.6. The summed E-state index contributed by atoms with van der Waals surface area (Å²) in [6.07, 6.45) is 5.66. The predicted molar refractivity (Wildman–Crippen MR) is 120 cm³/mol. The van der Waals surface area contributed by atoms with Crippen LogP contribution in [-0.4, -0.2) is 28.1 Å². The second-order valence-electron chi connectivity index (χ2n) is 6.08. The van der Waals surface area contributed by atoms with Gasteiger partial charge in [0.05, 0.1) is 22.5 Å². The van der Waals surface area contributed by atoms with E-state index in [0.29, 0.717) is 5.56 Å². The van der Waals surface area contributed by atoms with Crippen molar-refractivity contribution < 1.29 is 4.79 Å². The van der Waals surface area contributed by atoms with Crippen LogP contribution in [0.3, 0.4) is 0 Å². The van der Waals surface area contributed by atoms with Crippen molar-refractivity contribution in [1.29, 1.82) is 0 Å². The second-order valence-corrected chi connectivity index (χ2v) is 7.20. The van der Waals surface area contributed by atoms with Crippen molar-refractivity contribution in [2.45, 2.75) is 9.79 Å². The molecule has 2 aromatic carbocycles. The number of aromatic amines is 1. The number of halogens is 1. The Hall–Kier alpha value is -3.09. The fourth-order valence-electron chi connectivity index (χ4n) is 2.85. The maximum absolute atomic E-state index is 12.1. The van der Waals surface area contributed by atoms with E-state index in [0.717, 1.165) is 32.1 Å². The summed E-state index contributed by atoms with van der Waals surface area (Å²) in [6.45, 7) is 0. The van der Waals surface area contributed by atoms with Crippen LogP contribution in [0.1, 0.15) is 21.7 Å². The molecule has 2 heterocycles. The zero-order chi connectivity index (χ0) is 19.3. The second kappa shape index (κ2) is 9.41. The van der Waals surface area contributed by atoms with Gasteiger partial charge in [0, 0.05) is 28.4 Å². The van der Waals surface area contributed by atoms with Crippen LogP contribution in [0.2, 0.25) is 0 Å². The highest BCUT2D eigenvalue weighted by Gasteiger charge is 2.11. The molecule has 146 valence electrons. The van der Waals surface area contributed by atoms with E-state index in [1.807, 2.05) is 72.8 Å². The van der Waals surface area contributed by atoms with Gasteiger partial charge >= 0.3 is 0 Å². The number of nitrogens with one attached hydrogen (secondary N) is 2. The van der Waals surface area contributed by atoms with Crippen molar-refractivity contribution in [3.63, 3.8) is 0 Å². The first-order chi connectivity index (χ1) is 13.7. The van der Waals surface area contributed by atoms with Gasteiger partial charge in [0.2, 0.25) is 0 Å². The number of rotatable bonds is 5. The van der Waals surface area contributed by atoms with Crippen molar-refractivity contribution in [3.05, 3.63) is 83.8 Å². The number of fused-ring (bicyclic) bond motifs is 1. The van der Waals surface area contributed by atoms with Gasteiger partial charge in [0.15, 0.2) is 0 Å². The molecule has 4 aromatic rings. The minimum absolute atomic E-state index is 0. The van der Waals surface area contributed by atoms with E-state index in [1.165, 1.54) is 0 Å². The van der Waals surface area contributed by atoms with Crippen molar-refractivity contribution in [1.82, 2.24) is 20.5 Å². The summed E-state index contributed by atoms with van der Waals surface area (Å²) < 4.78 is 0. The molecule has 0 radical (unpaired) electrons. The lowest BCUT2D eigenvalue weighted by Crippen LogP contribution is -2.18. The molecule has 0 aliphatic heterocycles. The molecule has 0 fully saturated rings. The Morgan fingerprint density at radius 2 is 1.90 bits per heavy atom. The van der Waals surface area contributed by atoms with Crippen molar-refractivity contribution in [2.24, 2.45) is 0 Å². The smallest absolute Gasteiger partial charge is 0.252 e. The highest BCUT2D eigenvalue weighted by Crippen LogP contribution is 2.32. The predicted octanol–water partition coefficient (Wildman–Crippen LogP) is 5.06. The Bertz CT molecular complexity index is 1160. The van der Waals surface area contributed by atoms with Gasteiger partial charge < -0.3 is 5.32 Å². The third-order valence-corrected chi connectivity index (χ3v) is 5.32. The third-order valence-electron chi connectivity index (χ3n) is 4.25. The molecule has 1 amide bonds. The molecule has 0 saturated heterocycles. The summed E-state index contributed by atoms with van der Waals surface area (Å²) >= 11 is 1.56. The number of pyridine rings is 1. The minimum Gasteiger partial charge on any atom is -0.355 e. The third kappa shape index (κ3) is 4.67. The van der Waals surface area contributed by atoms with Crippen LogP contribution in [0.25, 0.3) is 23.1 Å². The minimum atomic E-state index is -0.0901. The van der Waals surface area contributed by atoms with Gasteiger partial charge in [-0.25, -0.2) is 0 Å². The van der Waals surface area contributed by atoms with Crippen molar-refractivity contribution in [2.75, 3.05) is 7.05 Å². The summed E-state index contributed by atoms with van der Waals surface area (Å²) in [5, 5.41) is 11.2. The molecule has 5 nitrogen and oxygen atoms in total. The summed E-state index contributed by atoms with van der Waals surface area (Å²) in [5.74, 6) is -0.0901. The lowest BCUT2D eigenvalue weighted by atomic mass is 10.2. The standard InChI is InChI=1S/C22H18N4OS.ClH/c1-23-22(27)18-7-2-3-8-21(18)28-16-10-11-17-19(25-26-20(17)14-16)12-9-15-6-4-5-13-24-15;/h2-14H,1H3,(H,23,27)(H,25,26);1H. The average molecular weight is 423 g/mol. The molecule has 0 aliphatic carbocycles. The fourth-order valence-corrected chi connectivity index (χ4v) is 3.84. The summed E-state index contributed by atoms with van der Waals surface area (Å²) in [4.78, 5) is 18.3. The van der Waals surface area contributed by atoms with Gasteiger partial charge in [0.25, 0.3) is 5.91 Å². The van der Waals surface area contributed by atoms with Gasteiger partial charge in [-0.15, -0.1) is 12.4 Å². The number of nitrogens with zero attached hydrogens (tertiary/aromatic N) is 2. The van der Waals surface area contributed by atoms with E-state index in [4.69, 9.17) is 0 Å². The number of carbonyl (C=O) groups excluding carboxylic acids is 1. The van der Waals surface area contributed by atoms with E-state index in [9.17, 15) is 4.79 Å². The number of aromatic nitrogens is 3. The largest absolute Gasteiger partial charge is 0.355 e. The fraction of sp³-hybridized carbons (Fsp3) is 0.0455. The molecule has 0 unspecified atom stereocenters. The van der Waals surface area contributed by atoms with Crippen molar-refractivity contribution >= 4 is 53.1 Å². The Balaban J connectivity index is 0.00000240. The van der Waals surface area contributed by atoms with E-state index < -0.39 is 0 Å². The van der Waals surface area contributed by atoms with Crippen LogP contribution in [0.5, 0.6) is 0 Å². The van der Waals surface area contributed by atoms with Crippen LogP contribution in [0.4, 0.5) is 0 Å². The van der Waals surface area contributed by atoms with Gasteiger partial charge in [-0.05, 0) is 54.6 Å². The monoisotopic (exact) mass is 422 g/mol. The number of benzene rings is 2. The van der Waals surface area contributed by atoms with E-state index in [-0.39, 0.29) is 18.3 Å². The van der Waals surface area contributed by atoms with Gasteiger partial charge in [-0.1, -0.05) is 30.0 Å². The quantitative estimate of drug-likeness (QED) is 0.471. The molecular formula is C22H19ClN4OS. The maximum atomic E-state index is 12.1. The van der Waals surface area contributed by atoms with Crippen LogP contribution in [-0.2, 0) is 0 Å². The van der Waals surface area contributed by atoms with Crippen molar-refractivity contribution in [3.8, 4) is 0 Å². The lowest BCUT2D eigenvalue weighted by Gasteiger charge is -2.08. The molecule has 0 spiro atoms. The topological polar surface area (TPSA) is 70.7 Å². The summed E-state index contributed by atoms with van der Waals surface area (Å²) in [5.41, 5.74) is 3.36. The molecule has 4 rings (SSSR count). The molecule has 7 heteroatoms. The highest BCUT2D eigenvalue weighted by atomic mass is 35.5. The first kappa shape index (κ1) is 20.6. The lowest BCUT2D eigenvalue weighted by molar-refractivity contribution is 0.0960. The van der Waals surface area contributed by atoms with Crippen LogP contribution in [0.15, 0.2) is 76.7 Å². The Kier molecular flexibility index (Phi) is 6.69. The maximum Gasteiger partial charge on any atom is 0.252 e. The van der Waals surface area contributed by atoms with Gasteiger partial charge in [-0.3, -0.25) is 14.9 Å². The van der Waals surface area contributed by atoms with Gasteiger partial charge in [-0.2, -0.15) is 5.10 Å². The van der Waals surface area contributed by atoms with Crippen LogP contribution < -0.4 is 5.32 Å². The molecule has 29 heavy (non-hydrogen) atoms. The van der Waals surface area contributed by atoms with E-state index >= 15 is 0 Å². The first-order valence-electron chi connectivity index (χ1n) is 8.81. The Morgan fingerprint density at radius 1 is 1.07 bits per heavy atom. The summed E-state index contributed by atoms with van der Waals surface area (Å²) in [6, 6.07) is 19.5. The van der Waals surface area contributed by atoms with Crippen LogP contribution in [0, 0.1) is 0 Å². The Labute approximate surface area is 179 Å². The highest BCUT2D eigenvalue weighted by molar-refractivity contribution is 7.99. The first-order valence-corrected chi connectivity index (χ1v) is 9.62. The van der Waals surface area contributed by atoms with E-state index in [2.05, 4.69) is 20.5 Å². The number of H-pyrrole nitrogens is 1. The molecule has 0 bridgehead atoms. The van der Waals surface area contributed by atoms with E-state index in [1.54, 1.807) is 25.0 Å². The number of carbonyl (C=O) groups is 1.